The Balaban J connectivity index is 2.78. The number of nitrogens with zero attached hydrogens (tertiary/aromatic N) is 2. The number of carbonyl (C=O) groups excluding carboxylic acids is 1. The fraction of sp³-hybridized carbons (Fsp3) is 0.500. The van der Waals surface area contributed by atoms with Crippen LogP contribution in [0.2, 0.25) is 0 Å². The van der Waals surface area contributed by atoms with Gasteiger partial charge in [0.15, 0.2) is 4.77 Å². The van der Waals surface area contributed by atoms with E-state index < -0.39 is 11.7 Å². The van der Waals surface area contributed by atoms with Crippen molar-refractivity contribution >= 4 is 24.3 Å². The Morgan fingerprint density at radius 1 is 1.71 bits per heavy atom. The Morgan fingerprint density at radius 2 is 2.35 bits per heavy atom. The molecule has 0 spiro atoms. The van der Waals surface area contributed by atoms with Crippen molar-refractivity contribution in [2.24, 2.45) is 0 Å². The summed E-state index contributed by atoms with van der Waals surface area (Å²) in [7, 11) is 0. The van der Waals surface area contributed by atoms with Crippen LogP contribution in [0.15, 0.2) is 12.7 Å². The molecule has 0 bridgehead atoms. The predicted octanol–water partition coefficient (Wildman–Crippen LogP) is 2.47. The Kier molecular flexibility index (Phi) is 4.06. The number of hydrogen-bond donors (Lipinski definition) is 2. The molecule has 0 aromatic carbocycles. The van der Waals surface area contributed by atoms with Crippen LogP contribution in [0.3, 0.4) is 0 Å². The molecule has 0 unspecified atom stereocenters. The molecule has 6 nitrogen and oxygen atoms in total. The van der Waals surface area contributed by atoms with Gasteiger partial charge in [-0.2, -0.15) is 0 Å². The fourth-order valence-electron chi connectivity index (χ4n) is 1.11. The van der Waals surface area contributed by atoms with Gasteiger partial charge in [0.05, 0.1) is 0 Å². The highest BCUT2D eigenvalue weighted by atomic mass is 32.1. The van der Waals surface area contributed by atoms with Gasteiger partial charge in [-0.1, -0.05) is 6.08 Å². The van der Waals surface area contributed by atoms with Crippen LogP contribution in [0.4, 0.5) is 10.7 Å². The van der Waals surface area contributed by atoms with Gasteiger partial charge in [0.25, 0.3) is 0 Å². The first-order chi connectivity index (χ1) is 7.83. The summed E-state index contributed by atoms with van der Waals surface area (Å²) in [6, 6.07) is 0. The molecule has 0 aliphatic heterocycles. The van der Waals surface area contributed by atoms with E-state index in [1.54, 1.807) is 31.4 Å². The first-order valence-corrected chi connectivity index (χ1v) is 5.50. The van der Waals surface area contributed by atoms with E-state index in [4.69, 9.17) is 17.0 Å². The number of aromatic amines is 1. The lowest BCUT2D eigenvalue weighted by Gasteiger charge is -2.19. The van der Waals surface area contributed by atoms with Crippen LogP contribution in [0, 0.1) is 4.77 Å². The Hall–Kier alpha value is -1.63. The van der Waals surface area contributed by atoms with Gasteiger partial charge in [-0.25, -0.2) is 9.89 Å². The van der Waals surface area contributed by atoms with E-state index in [1.165, 1.54) is 0 Å². The number of ether oxygens (including phenoxy) is 1. The summed E-state index contributed by atoms with van der Waals surface area (Å²) < 4.78 is 7.12. The van der Waals surface area contributed by atoms with E-state index in [-0.39, 0.29) is 0 Å². The fourth-order valence-corrected chi connectivity index (χ4v) is 1.31. The first kappa shape index (κ1) is 13.4. The number of nitrogens with one attached hydrogen (secondary N) is 2. The molecule has 0 radical (unpaired) electrons. The monoisotopic (exact) mass is 256 g/mol. The Labute approximate surface area is 105 Å². The largest absolute Gasteiger partial charge is 0.444 e. The topological polar surface area (TPSA) is 71.9 Å². The van der Waals surface area contributed by atoms with Gasteiger partial charge in [-0.05, 0) is 33.0 Å². The highest BCUT2D eigenvalue weighted by Crippen LogP contribution is 2.10. The molecule has 0 fully saturated rings. The van der Waals surface area contributed by atoms with Gasteiger partial charge in [0.1, 0.15) is 5.60 Å². The lowest BCUT2D eigenvalue weighted by atomic mass is 10.2. The Morgan fingerprint density at radius 3 is 2.88 bits per heavy atom. The number of H-pyrrole nitrogens is 1. The van der Waals surface area contributed by atoms with Gasteiger partial charge in [-0.15, -0.1) is 11.7 Å². The number of carbonyl (C=O) groups is 1. The maximum Gasteiger partial charge on any atom is 0.414 e. The van der Waals surface area contributed by atoms with Crippen LogP contribution >= 0.6 is 12.2 Å². The molecular weight excluding hydrogens is 240 g/mol. The smallest absolute Gasteiger partial charge is 0.414 e. The number of anilines is 1. The van der Waals surface area contributed by atoms with Crippen molar-refractivity contribution in [3.8, 4) is 0 Å². The molecule has 0 aliphatic rings. The van der Waals surface area contributed by atoms with E-state index in [0.29, 0.717) is 17.3 Å². The van der Waals surface area contributed by atoms with E-state index in [9.17, 15) is 4.79 Å². The second kappa shape index (κ2) is 5.13. The molecule has 2 N–H and O–H groups in total. The maximum absolute atomic E-state index is 11.5. The number of hydrogen-bond acceptors (Lipinski definition) is 4. The summed E-state index contributed by atoms with van der Waals surface area (Å²) in [5.74, 6) is 0.309. The quantitative estimate of drug-likeness (QED) is 0.643. The van der Waals surface area contributed by atoms with Crippen LogP contribution in [0.5, 0.6) is 0 Å². The molecule has 94 valence electrons. The minimum Gasteiger partial charge on any atom is -0.444 e. The van der Waals surface area contributed by atoms with E-state index in [2.05, 4.69) is 22.1 Å². The highest BCUT2D eigenvalue weighted by molar-refractivity contribution is 7.71. The van der Waals surface area contributed by atoms with Crippen molar-refractivity contribution in [3.05, 3.63) is 17.4 Å². The van der Waals surface area contributed by atoms with Crippen LogP contribution in [-0.2, 0) is 11.3 Å². The molecule has 1 rings (SSSR count). The van der Waals surface area contributed by atoms with Crippen molar-refractivity contribution in [2.45, 2.75) is 32.9 Å². The molecule has 0 saturated heterocycles. The van der Waals surface area contributed by atoms with Crippen molar-refractivity contribution < 1.29 is 9.53 Å². The van der Waals surface area contributed by atoms with Gasteiger partial charge in [0.2, 0.25) is 5.95 Å². The molecule has 1 amide bonds. The second-order valence-electron chi connectivity index (χ2n) is 4.38. The maximum atomic E-state index is 11.5. The Bertz CT molecular complexity index is 469. The number of rotatable bonds is 3. The summed E-state index contributed by atoms with van der Waals surface area (Å²) in [6.07, 6.45) is 1.09. The molecule has 7 heteroatoms. The molecule has 0 aliphatic carbocycles. The van der Waals surface area contributed by atoms with Crippen molar-refractivity contribution in [1.29, 1.82) is 0 Å². The zero-order valence-corrected chi connectivity index (χ0v) is 10.9. The van der Waals surface area contributed by atoms with Crippen LogP contribution in [0.25, 0.3) is 0 Å². The molecule has 0 saturated carbocycles. The minimum atomic E-state index is -0.572. The van der Waals surface area contributed by atoms with Crippen molar-refractivity contribution in [2.75, 3.05) is 5.32 Å². The lowest BCUT2D eigenvalue weighted by molar-refractivity contribution is 0.0634. The molecule has 17 heavy (non-hydrogen) atoms. The zero-order chi connectivity index (χ0) is 13.1. The van der Waals surface area contributed by atoms with Gasteiger partial charge < -0.3 is 4.74 Å². The third kappa shape index (κ3) is 4.03. The summed E-state index contributed by atoms with van der Waals surface area (Å²) in [6.45, 7) is 9.42. The number of aromatic nitrogens is 3. The van der Waals surface area contributed by atoms with Crippen LogP contribution < -0.4 is 5.32 Å². The van der Waals surface area contributed by atoms with Crippen molar-refractivity contribution in [3.63, 3.8) is 0 Å². The molecular formula is C10H16N4O2S. The average Bonchev–Trinajstić information content (AvgIpc) is 2.47. The molecule has 1 aromatic rings. The van der Waals surface area contributed by atoms with Gasteiger partial charge >= 0.3 is 6.09 Å². The second-order valence-corrected chi connectivity index (χ2v) is 4.77. The normalized spacial score (nSPS) is 11.0. The van der Waals surface area contributed by atoms with Crippen LogP contribution in [-0.4, -0.2) is 26.5 Å². The number of amides is 1. The van der Waals surface area contributed by atoms with Crippen molar-refractivity contribution in [1.82, 2.24) is 14.8 Å². The minimum absolute atomic E-state index is 0.309. The van der Waals surface area contributed by atoms with E-state index >= 15 is 0 Å². The summed E-state index contributed by atoms with van der Waals surface area (Å²) in [5.41, 5.74) is -0.555. The van der Waals surface area contributed by atoms with Gasteiger partial charge in [-0.3, -0.25) is 9.88 Å². The lowest BCUT2D eigenvalue weighted by Crippen LogP contribution is -2.28. The summed E-state index contributed by atoms with van der Waals surface area (Å²) >= 11 is 5.01. The third-order valence-corrected chi connectivity index (χ3v) is 1.99. The average molecular weight is 256 g/mol. The summed E-state index contributed by atoms with van der Waals surface area (Å²) in [5, 5.41) is 9.00. The molecule has 1 heterocycles. The third-order valence-electron chi connectivity index (χ3n) is 1.68. The standard InChI is InChI=1S/C10H16N4O2S/c1-5-6-14-7(12-13-8(14)17)11-9(15)16-10(2,3)4/h5H,1,6H2,2-4H3,(H,13,17)(H,11,12,15). The van der Waals surface area contributed by atoms with E-state index in [0.717, 1.165) is 0 Å². The van der Waals surface area contributed by atoms with E-state index in [1.807, 2.05) is 0 Å². The first-order valence-electron chi connectivity index (χ1n) is 5.09. The molecule has 1 aromatic heterocycles. The van der Waals surface area contributed by atoms with Crippen LogP contribution in [0.1, 0.15) is 20.8 Å². The van der Waals surface area contributed by atoms with Gasteiger partial charge in [0, 0.05) is 6.54 Å². The zero-order valence-electron chi connectivity index (χ0n) is 10.1. The number of allylic oxidation sites excluding steroid dienone is 1. The summed E-state index contributed by atoms with van der Waals surface area (Å²) in [4.78, 5) is 11.5. The highest BCUT2D eigenvalue weighted by Gasteiger charge is 2.18. The predicted molar refractivity (Wildman–Crippen MR) is 67.5 cm³/mol. The molecule has 0 atom stereocenters. The SMILES string of the molecule is C=CCn1c(NC(=O)OC(C)(C)C)n[nH]c1=S.